The van der Waals surface area contributed by atoms with Crippen molar-refractivity contribution in [3.05, 3.63) is 66.2 Å². The first-order valence-corrected chi connectivity index (χ1v) is 9.69. The largest absolute Gasteiger partial charge is 0.494 e. The van der Waals surface area contributed by atoms with Gasteiger partial charge < -0.3 is 4.74 Å². The van der Waals surface area contributed by atoms with Crippen molar-refractivity contribution < 1.29 is 9.53 Å². The first-order chi connectivity index (χ1) is 13.6. The minimum atomic E-state index is -0.200. The minimum Gasteiger partial charge on any atom is -0.494 e. The van der Waals surface area contributed by atoms with E-state index in [9.17, 15) is 4.79 Å². The van der Waals surface area contributed by atoms with Crippen LogP contribution in [0.15, 0.2) is 55.0 Å². The lowest BCUT2D eigenvalue weighted by Gasteiger charge is -2.18. The second-order valence-electron chi connectivity index (χ2n) is 6.19. The number of ether oxygens (including phenoxy) is 1. The molecule has 4 aromatic rings. The van der Waals surface area contributed by atoms with Gasteiger partial charge in [0.15, 0.2) is 10.8 Å². The highest BCUT2D eigenvalue weighted by atomic mass is 32.1. The number of rotatable bonds is 6. The second kappa shape index (κ2) is 7.77. The van der Waals surface area contributed by atoms with Crippen LogP contribution in [-0.4, -0.2) is 32.3 Å². The van der Waals surface area contributed by atoms with E-state index in [1.165, 1.54) is 11.3 Å². The van der Waals surface area contributed by atoms with Gasteiger partial charge in [-0.2, -0.15) is 5.10 Å². The molecule has 0 aliphatic carbocycles. The predicted molar refractivity (Wildman–Crippen MR) is 109 cm³/mol. The summed E-state index contributed by atoms with van der Waals surface area (Å²) in [5, 5.41) is 4.87. The average Bonchev–Trinajstić information content (AvgIpc) is 3.32. The zero-order chi connectivity index (χ0) is 19.5. The SMILES string of the molecule is CCOc1ccc2nc(N(Cc3cccnc3)C(=O)c3ccn(C)n3)sc2c1. The Kier molecular flexibility index (Phi) is 5.03. The number of carbonyl (C=O) groups excluding carboxylic acids is 1. The second-order valence-corrected chi connectivity index (χ2v) is 7.20. The first-order valence-electron chi connectivity index (χ1n) is 8.88. The van der Waals surface area contributed by atoms with Crippen molar-refractivity contribution in [2.24, 2.45) is 7.05 Å². The number of carbonyl (C=O) groups is 1. The monoisotopic (exact) mass is 393 g/mol. The van der Waals surface area contributed by atoms with Crippen LogP contribution in [0.3, 0.4) is 0 Å². The third-order valence-electron chi connectivity index (χ3n) is 4.13. The molecule has 4 rings (SSSR count). The van der Waals surface area contributed by atoms with E-state index < -0.39 is 0 Å². The van der Waals surface area contributed by atoms with Crippen LogP contribution >= 0.6 is 11.3 Å². The molecule has 0 bridgehead atoms. The normalized spacial score (nSPS) is 10.9. The molecule has 1 amide bonds. The zero-order valence-corrected chi connectivity index (χ0v) is 16.4. The molecule has 0 aliphatic heterocycles. The molecule has 3 aromatic heterocycles. The van der Waals surface area contributed by atoms with Crippen molar-refractivity contribution in [2.45, 2.75) is 13.5 Å². The van der Waals surface area contributed by atoms with Gasteiger partial charge in [0.1, 0.15) is 5.75 Å². The molecule has 0 unspecified atom stereocenters. The van der Waals surface area contributed by atoms with E-state index in [-0.39, 0.29) is 5.91 Å². The Morgan fingerprint density at radius 1 is 1.29 bits per heavy atom. The van der Waals surface area contributed by atoms with Gasteiger partial charge in [-0.05, 0) is 42.8 Å². The van der Waals surface area contributed by atoms with Crippen molar-refractivity contribution in [1.29, 1.82) is 0 Å². The van der Waals surface area contributed by atoms with E-state index in [2.05, 4.69) is 15.1 Å². The molecule has 0 N–H and O–H groups in total. The summed E-state index contributed by atoms with van der Waals surface area (Å²) in [6.45, 7) is 2.91. The first kappa shape index (κ1) is 18.1. The predicted octanol–water partition coefficient (Wildman–Crippen LogP) is 3.67. The van der Waals surface area contributed by atoms with Crippen molar-refractivity contribution in [3.63, 3.8) is 0 Å². The zero-order valence-electron chi connectivity index (χ0n) is 15.6. The molecule has 3 heterocycles. The Balaban J connectivity index is 1.73. The summed E-state index contributed by atoms with van der Waals surface area (Å²) < 4.78 is 8.15. The number of hydrogen-bond donors (Lipinski definition) is 0. The van der Waals surface area contributed by atoms with Crippen LogP contribution in [-0.2, 0) is 13.6 Å². The van der Waals surface area contributed by atoms with Crippen molar-refractivity contribution >= 4 is 32.6 Å². The number of fused-ring (bicyclic) bond motifs is 1. The lowest BCUT2D eigenvalue weighted by molar-refractivity contribution is 0.0979. The Bertz CT molecular complexity index is 1110. The van der Waals surface area contributed by atoms with Gasteiger partial charge in [0.2, 0.25) is 0 Å². The van der Waals surface area contributed by atoms with Crippen LogP contribution in [0.2, 0.25) is 0 Å². The number of benzene rings is 1. The molecule has 0 saturated carbocycles. The summed E-state index contributed by atoms with van der Waals surface area (Å²) in [5.74, 6) is 0.591. The fourth-order valence-corrected chi connectivity index (χ4v) is 3.82. The lowest BCUT2D eigenvalue weighted by atomic mass is 10.2. The molecular formula is C20H19N5O2S. The van der Waals surface area contributed by atoms with Crippen LogP contribution in [0.1, 0.15) is 23.0 Å². The highest BCUT2D eigenvalue weighted by molar-refractivity contribution is 7.22. The Labute approximate surface area is 166 Å². The van der Waals surface area contributed by atoms with Crippen molar-refractivity contribution in [2.75, 3.05) is 11.5 Å². The van der Waals surface area contributed by atoms with Gasteiger partial charge in [-0.3, -0.25) is 19.4 Å². The molecule has 142 valence electrons. The smallest absolute Gasteiger partial charge is 0.280 e. The van der Waals surface area contributed by atoms with E-state index >= 15 is 0 Å². The van der Waals surface area contributed by atoms with Crippen molar-refractivity contribution in [1.82, 2.24) is 19.7 Å². The average molecular weight is 393 g/mol. The Hall–Kier alpha value is -3.26. The van der Waals surface area contributed by atoms with E-state index in [4.69, 9.17) is 4.74 Å². The van der Waals surface area contributed by atoms with Gasteiger partial charge in [0, 0.05) is 25.6 Å². The van der Waals surface area contributed by atoms with Crippen LogP contribution < -0.4 is 9.64 Å². The van der Waals surface area contributed by atoms with Crippen LogP contribution in [0, 0.1) is 0 Å². The van der Waals surface area contributed by atoms with Gasteiger partial charge in [0.25, 0.3) is 5.91 Å². The molecule has 0 fully saturated rings. The molecule has 0 atom stereocenters. The summed E-state index contributed by atoms with van der Waals surface area (Å²) in [5.41, 5.74) is 2.12. The maximum Gasteiger partial charge on any atom is 0.280 e. The topological polar surface area (TPSA) is 73.1 Å². The maximum atomic E-state index is 13.2. The molecule has 0 saturated heterocycles. The third kappa shape index (κ3) is 3.72. The number of aryl methyl sites for hydroxylation is 1. The fourth-order valence-electron chi connectivity index (χ4n) is 2.83. The quantitative estimate of drug-likeness (QED) is 0.500. The molecule has 8 heteroatoms. The summed E-state index contributed by atoms with van der Waals surface area (Å²) in [6, 6.07) is 11.2. The minimum absolute atomic E-state index is 0.200. The molecule has 0 radical (unpaired) electrons. The van der Waals surface area contributed by atoms with Crippen LogP contribution in [0.4, 0.5) is 5.13 Å². The number of aromatic nitrogens is 4. The fraction of sp³-hybridized carbons (Fsp3) is 0.200. The van der Waals surface area contributed by atoms with Gasteiger partial charge in [-0.1, -0.05) is 17.4 Å². The molecule has 1 aromatic carbocycles. The van der Waals surface area contributed by atoms with E-state index in [1.807, 2.05) is 37.3 Å². The summed E-state index contributed by atoms with van der Waals surface area (Å²) in [4.78, 5) is 23.7. The van der Waals surface area contributed by atoms with E-state index in [0.717, 1.165) is 21.5 Å². The van der Waals surface area contributed by atoms with Crippen LogP contribution in [0.25, 0.3) is 10.2 Å². The summed E-state index contributed by atoms with van der Waals surface area (Å²) in [7, 11) is 1.79. The molecule has 7 nitrogen and oxygen atoms in total. The number of hydrogen-bond acceptors (Lipinski definition) is 6. The van der Waals surface area contributed by atoms with Gasteiger partial charge in [-0.25, -0.2) is 4.98 Å². The molecule has 0 spiro atoms. The Morgan fingerprint density at radius 3 is 2.89 bits per heavy atom. The van der Waals surface area contributed by atoms with Gasteiger partial charge >= 0.3 is 0 Å². The highest BCUT2D eigenvalue weighted by Crippen LogP contribution is 2.33. The summed E-state index contributed by atoms with van der Waals surface area (Å²) in [6.07, 6.45) is 5.21. The van der Waals surface area contributed by atoms with Gasteiger partial charge in [0.05, 0.1) is 23.4 Å². The summed E-state index contributed by atoms with van der Waals surface area (Å²) >= 11 is 1.45. The number of pyridine rings is 1. The number of amides is 1. The highest BCUT2D eigenvalue weighted by Gasteiger charge is 2.23. The Morgan fingerprint density at radius 2 is 2.18 bits per heavy atom. The van der Waals surface area contributed by atoms with Crippen molar-refractivity contribution in [3.8, 4) is 5.75 Å². The number of thiazole rings is 1. The standard InChI is InChI=1S/C20H19N5O2S/c1-3-27-15-6-7-16-18(11-15)28-20(22-16)25(13-14-5-4-9-21-12-14)19(26)17-8-10-24(2)23-17/h4-12H,3,13H2,1-2H3. The van der Waals surface area contributed by atoms with E-state index in [0.29, 0.717) is 24.0 Å². The lowest BCUT2D eigenvalue weighted by Crippen LogP contribution is -2.30. The van der Waals surface area contributed by atoms with E-state index in [1.54, 1.807) is 41.3 Å². The number of anilines is 1. The maximum absolute atomic E-state index is 13.2. The molecular weight excluding hydrogens is 374 g/mol. The molecule has 0 aliphatic rings. The molecule has 28 heavy (non-hydrogen) atoms. The van der Waals surface area contributed by atoms with Crippen LogP contribution in [0.5, 0.6) is 5.75 Å². The van der Waals surface area contributed by atoms with Gasteiger partial charge in [-0.15, -0.1) is 0 Å². The number of nitrogens with zero attached hydrogens (tertiary/aromatic N) is 5. The third-order valence-corrected chi connectivity index (χ3v) is 5.17.